The monoisotopic (exact) mass is 264 g/mol. The molecule has 3 unspecified atom stereocenters. The van der Waals surface area contributed by atoms with Crippen LogP contribution in [0.2, 0.25) is 0 Å². The van der Waals surface area contributed by atoms with Crippen LogP contribution < -0.4 is 5.73 Å². The number of rotatable bonds is 4. The summed E-state index contributed by atoms with van der Waals surface area (Å²) in [5, 5.41) is 4.20. The number of nitrogens with zero attached hydrogens (tertiary/aromatic N) is 3. The van der Waals surface area contributed by atoms with Crippen molar-refractivity contribution in [3.63, 3.8) is 0 Å². The van der Waals surface area contributed by atoms with Gasteiger partial charge in [0, 0.05) is 24.4 Å². The number of aromatic nitrogens is 2. The average Bonchev–Trinajstić information content (AvgIpc) is 2.92. The van der Waals surface area contributed by atoms with Gasteiger partial charge in [0.1, 0.15) is 0 Å². The molecule has 0 aliphatic carbocycles. The van der Waals surface area contributed by atoms with Crippen LogP contribution in [0.25, 0.3) is 0 Å². The van der Waals surface area contributed by atoms with Crippen LogP contribution in [-0.4, -0.2) is 40.7 Å². The first kappa shape index (κ1) is 13.1. The maximum atomic E-state index is 5.63. The SMILES string of the molecule is CC(CN)Cc1nc(C2CC3CCC(C2)N3C)no1. The molecule has 1 aromatic rings. The summed E-state index contributed by atoms with van der Waals surface area (Å²) in [6.07, 6.45) is 5.80. The maximum Gasteiger partial charge on any atom is 0.226 e. The van der Waals surface area contributed by atoms with E-state index in [2.05, 4.69) is 29.0 Å². The molecule has 2 saturated heterocycles. The molecule has 2 fully saturated rings. The minimum absolute atomic E-state index is 0.405. The van der Waals surface area contributed by atoms with Gasteiger partial charge in [-0.25, -0.2) is 0 Å². The second kappa shape index (κ2) is 5.21. The molecule has 3 rings (SSSR count). The van der Waals surface area contributed by atoms with Crippen LogP contribution in [0.5, 0.6) is 0 Å². The molecule has 3 heterocycles. The Morgan fingerprint density at radius 2 is 2.05 bits per heavy atom. The third-order valence-electron chi connectivity index (χ3n) is 4.87. The van der Waals surface area contributed by atoms with E-state index in [1.165, 1.54) is 25.7 Å². The highest BCUT2D eigenvalue weighted by Gasteiger charge is 2.40. The molecule has 2 aliphatic heterocycles. The van der Waals surface area contributed by atoms with Gasteiger partial charge in [-0.15, -0.1) is 0 Å². The quantitative estimate of drug-likeness (QED) is 0.893. The Bertz CT molecular complexity index is 419. The van der Waals surface area contributed by atoms with Gasteiger partial charge in [0.25, 0.3) is 0 Å². The summed E-state index contributed by atoms with van der Waals surface area (Å²) in [7, 11) is 2.25. The Morgan fingerprint density at radius 1 is 1.37 bits per heavy atom. The molecule has 2 aliphatic rings. The minimum atomic E-state index is 0.405. The zero-order valence-corrected chi connectivity index (χ0v) is 11.9. The Kier molecular flexibility index (Phi) is 3.58. The van der Waals surface area contributed by atoms with Gasteiger partial charge >= 0.3 is 0 Å². The lowest BCUT2D eigenvalue weighted by Crippen LogP contribution is -2.39. The zero-order chi connectivity index (χ0) is 13.4. The summed E-state index contributed by atoms with van der Waals surface area (Å²) in [5.74, 6) is 2.56. The fraction of sp³-hybridized carbons (Fsp3) is 0.857. The second-order valence-corrected chi connectivity index (χ2v) is 6.31. The van der Waals surface area contributed by atoms with Crippen molar-refractivity contribution in [3.05, 3.63) is 11.7 Å². The lowest BCUT2D eigenvalue weighted by molar-refractivity contribution is 0.157. The van der Waals surface area contributed by atoms with Crippen LogP contribution in [0.1, 0.15) is 50.2 Å². The molecule has 3 atom stereocenters. The number of hydrogen-bond donors (Lipinski definition) is 1. The van der Waals surface area contributed by atoms with Gasteiger partial charge in [0.15, 0.2) is 5.82 Å². The molecule has 19 heavy (non-hydrogen) atoms. The number of hydrogen-bond acceptors (Lipinski definition) is 5. The van der Waals surface area contributed by atoms with E-state index in [4.69, 9.17) is 10.3 Å². The van der Waals surface area contributed by atoms with Crippen molar-refractivity contribution in [2.75, 3.05) is 13.6 Å². The summed E-state index contributed by atoms with van der Waals surface area (Å²) < 4.78 is 5.38. The first-order valence-electron chi connectivity index (χ1n) is 7.41. The first-order chi connectivity index (χ1) is 9.17. The highest BCUT2D eigenvalue weighted by molar-refractivity contribution is 5.05. The zero-order valence-electron chi connectivity index (χ0n) is 11.9. The summed E-state index contributed by atoms with van der Waals surface area (Å²) in [6.45, 7) is 2.77. The summed E-state index contributed by atoms with van der Waals surface area (Å²) in [5.41, 5.74) is 5.63. The van der Waals surface area contributed by atoms with E-state index in [1.807, 2.05) is 0 Å². The Morgan fingerprint density at radius 3 is 2.68 bits per heavy atom. The summed E-state index contributed by atoms with van der Waals surface area (Å²) in [4.78, 5) is 7.13. The maximum absolute atomic E-state index is 5.63. The molecule has 5 nitrogen and oxygen atoms in total. The molecular formula is C14H24N4O. The summed E-state index contributed by atoms with van der Waals surface area (Å²) in [6, 6.07) is 1.43. The van der Waals surface area contributed by atoms with Gasteiger partial charge in [0.05, 0.1) is 0 Å². The average molecular weight is 264 g/mol. The Balaban J connectivity index is 1.67. The molecule has 2 bridgehead atoms. The van der Waals surface area contributed by atoms with E-state index in [0.29, 0.717) is 30.5 Å². The number of fused-ring (bicyclic) bond motifs is 2. The van der Waals surface area contributed by atoms with Crippen LogP contribution in [0.15, 0.2) is 4.52 Å². The van der Waals surface area contributed by atoms with Gasteiger partial charge in [0.2, 0.25) is 5.89 Å². The van der Waals surface area contributed by atoms with Crippen LogP contribution in [0, 0.1) is 5.92 Å². The van der Waals surface area contributed by atoms with Crippen molar-refractivity contribution in [3.8, 4) is 0 Å². The highest BCUT2D eigenvalue weighted by Crippen LogP contribution is 2.41. The van der Waals surface area contributed by atoms with Gasteiger partial charge < -0.3 is 15.2 Å². The van der Waals surface area contributed by atoms with Crippen molar-refractivity contribution in [2.24, 2.45) is 11.7 Å². The molecule has 2 N–H and O–H groups in total. The van der Waals surface area contributed by atoms with E-state index in [9.17, 15) is 0 Å². The van der Waals surface area contributed by atoms with Crippen LogP contribution >= 0.6 is 0 Å². The van der Waals surface area contributed by atoms with E-state index >= 15 is 0 Å². The predicted molar refractivity (Wildman–Crippen MR) is 72.8 cm³/mol. The molecule has 0 spiro atoms. The van der Waals surface area contributed by atoms with Crippen LogP contribution in [-0.2, 0) is 6.42 Å². The molecule has 106 valence electrons. The Hall–Kier alpha value is -0.940. The molecule has 0 radical (unpaired) electrons. The highest BCUT2D eigenvalue weighted by atomic mass is 16.5. The van der Waals surface area contributed by atoms with Crippen LogP contribution in [0.4, 0.5) is 0 Å². The predicted octanol–water partition coefficient (Wildman–Crippen LogP) is 1.55. The van der Waals surface area contributed by atoms with Gasteiger partial charge in [-0.2, -0.15) is 4.98 Å². The lowest BCUT2D eigenvalue weighted by Gasteiger charge is -2.34. The molecular weight excluding hydrogens is 240 g/mol. The van der Waals surface area contributed by atoms with Crippen molar-refractivity contribution in [1.82, 2.24) is 15.0 Å². The lowest BCUT2D eigenvalue weighted by atomic mass is 9.90. The van der Waals surface area contributed by atoms with Crippen molar-refractivity contribution >= 4 is 0 Å². The fourth-order valence-corrected chi connectivity index (χ4v) is 3.52. The molecule has 0 saturated carbocycles. The number of piperidine rings is 1. The van der Waals surface area contributed by atoms with Gasteiger partial charge in [-0.1, -0.05) is 12.1 Å². The normalized spacial score (nSPS) is 32.7. The van der Waals surface area contributed by atoms with Crippen molar-refractivity contribution in [2.45, 2.75) is 57.0 Å². The molecule has 0 aromatic carbocycles. The Labute approximate surface area is 114 Å². The van der Waals surface area contributed by atoms with Gasteiger partial charge in [-0.05, 0) is 45.2 Å². The smallest absolute Gasteiger partial charge is 0.226 e. The van der Waals surface area contributed by atoms with E-state index in [0.717, 1.165) is 18.1 Å². The van der Waals surface area contributed by atoms with Crippen LogP contribution in [0.3, 0.4) is 0 Å². The fourth-order valence-electron chi connectivity index (χ4n) is 3.52. The minimum Gasteiger partial charge on any atom is -0.339 e. The second-order valence-electron chi connectivity index (χ2n) is 6.31. The topological polar surface area (TPSA) is 68.2 Å². The van der Waals surface area contributed by atoms with Crippen molar-refractivity contribution < 1.29 is 4.52 Å². The van der Waals surface area contributed by atoms with E-state index < -0.39 is 0 Å². The molecule has 5 heteroatoms. The third kappa shape index (κ3) is 2.54. The largest absolute Gasteiger partial charge is 0.339 e. The molecule has 1 aromatic heterocycles. The standard InChI is InChI=1S/C14H24N4O/c1-9(8-15)5-13-16-14(17-19-13)10-6-11-3-4-12(7-10)18(11)2/h9-12H,3-8,15H2,1-2H3. The molecule has 0 amide bonds. The third-order valence-corrected chi connectivity index (χ3v) is 4.87. The first-order valence-corrected chi connectivity index (χ1v) is 7.41. The van der Waals surface area contributed by atoms with E-state index in [1.54, 1.807) is 0 Å². The van der Waals surface area contributed by atoms with Gasteiger partial charge in [-0.3, -0.25) is 0 Å². The summed E-state index contributed by atoms with van der Waals surface area (Å²) >= 11 is 0. The number of nitrogens with two attached hydrogens (primary N) is 1. The van der Waals surface area contributed by atoms with E-state index in [-0.39, 0.29) is 0 Å². The van der Waals surface area contributed by atoms with Crippen molar-refractivity contribution in [1.29, 1.82) is 0 Å².